The number of aromatic nitrogens is 1. The van der Waals surface area contributed by atoms with Crippen molar-refractivity contribution in [1.29, 1.82) is 0 Å². The van der Waals surface area contributed by atoms with E-state index in [4.69, 9.17) is 19.0 Å². The second-order valence-electron chi connectivity index (χ2n) is 9.23. The molecule has 2 heterocycles. The van der Waals surface area contributed by atoms with Gasteiger partial charge < -0.3 is 19.2 Å². The number of oxazole rings is 1. The van der Waals surface area contributed by atoms with E-state index in [0.717, 1.165) is 36.1 Å². The van der Waals surface area contributed by atoms with Crippen molar-refractivity contribution >= 4 is 34.3 Å². The van der Waals surface area contributed by atoms with Gasteiger partial charge in [-0.25, -0.2) is 9.99 Å². The number of nitrogens with one attached hydrogen (secondary N) is 1. The second kappa shape index (κ2) is 11.7. The molecule has 0 saturated heterocycles. The zero-order chi connectivity index (χ0) is 26.5. The Labute approximate surface area is 225 Å². The van der Waals surface area contributed by atoms with E-state index >= 15 is 0 Å². The molecule has 1 atom stereocenters. The van der Waals surface area contributed by atoms with E-state index < -0.39 is 0 Å². The lowest BCUT2D eigenvalue weighted by Crippen LogP contribution is -2.34. The third-order valence-corrected chi connectivity index (χ3v) is 7.87. The molecule has 1 aromatic heterocycles. The van der Waals surface area contributed by atoms with Crippen LogP contribution < -0.4 is 14.8 Å². The smallest absolute Gasteiger partial charge is 0.302 e. The van der Waals surface area contributed by atoms with Crippen LogP contribution in [0.25, 0.3) is 0 Å². The van der Waals surface area contributed by atoms with Crippen LogP contribution in [0.1, 0.15) is 60.7 Å². The number of nitrogens with zero attached hydrogens (tertiary/aromatic N) is 3. The lowest BCUT2D eigenvalue weighted by molar-refractivity contribution is 0.0996. The number of hydrogen-bond acceptors (Lipinski definition) is 8. The van der Waals surface area contributed by atoms with Gasteiger partial charge in [0, 0.05) is 11.3 Å². The Kier molecular flexibility index (Phi) is 7.97. The van der Waals surface area contributed by atoms with Gasteiger partial charge in [-0.05, 0) is 68.0 Å². The number of ether oxygens (including phenoxy) is 2. The number of thioether (sulfide) groups is 1. The lowest BCUT2D eigenvalue weighted by atomic mass is 10.0. The Morgan fingerprint density at radius 1 is 1.16 bits per heavy atom. The number of rotatable bonds is 9. The molecule has 2 aromatic carbocycles. The molecular weight excluding hydrogens is 504 g/mol. The Bertz CT molecular complexity index is 1300. The standard InChI is InChI=1S/C28H30N4O5S/c1-3-25-26(19-10-13-22(35-2)23(14-19)37-21-6-4-5-7-21)31-32(28(34)38-25)16-18-8-11-20(12-9-18)30-27(33)24-15-29-17-36-24/h8-15,17,21,25H,3-7,16H2,1-2H3,(H,30,33). The molecule has 1 N–H and O–H groups in total. The number of methoxy groups -OCH3 is 1. The van der Waals surface area contributed by atoms with Gasteiger partial charge in [0.2, 0.25) is 5.76 Å². The third-order valence-electron chi connectivity index (χ3n) is 6.61. The second-order valence-corrected chi connectivity index (χ2v) is 10.4. The maximum Gasteiger partial charge on any atom is 0.302 e. The van der Waals surface area contributed by atoms with Gasteiger partial charge in [0.1, 0.15) is 0 Å². The summed E-state index contributed by atoms with van der Waals surface area (Å²) in [5, 5.41) is 8.91. The van der Waals surface area contributed by atoms with Gasteiger partial charge in [0.05, 0.1) is 36.9 Å². The quantitative estimate of drug-likeness (QED) is 0.353. The number of benzene rings is 2. The minimum Gasteiger partial charge on any atom is -0.493 e. The molecule has 3 aromatic rings. The molecule has 1 unspecified atom stereocenters. The molecule has 1 aliphatic carbocycles. The molecule has 1 aliphatic heterocycles. The molecule has 1 fully saturated rings. The van der Waals surface area contributed by atoms with Crippen molar-refractivity contribution in [2.45, 2.75) is 56.9 Å². The fourth-order valence-electron chi connectivity index (χ4n) is 4.59. The van der Waals surface area contributed by atoms with Gasteiger partial charge in [-0.1, -0.05) is 30.8 Å². The van der Waals surface area contributed by atoms with Gasteiger partial charge in [-0.15, -0.1) is 0 Å². The maximum absolute atomic E-state index is 12.9. The van der Waals surface area contributed by atoms with E-state index in [0.29, 0.717) is 23.7 Å². The number of hydrazone groups is 1. The largest absolute Gasteiger partial charge is 0.493 e. The van der Waals surface area contributed by atoms with Crippen molar-refractivity contribution in [3.63, 3.8) is 0 Å². The van der Waals surface area contributed by atoms with Gasteiger partial charge in [0.15, 0.2) is 17.9 Å². The van der Waals surface area contributed by atoms with Gasteiger partial charge in [-0.2, -0.15) is 5.10 Å². The summed E-state index contributed by atoms with van der Waals surface area (Å²) in [5.41, 5.74) is 3.25. The first-order valence-corrected chi connectivity index (χ1v) is 13.6. The molecule has 198 valence electrons. The monoisotopic (exact) mass is 534 g/mol. The average Bonchev–Trinajstić information content (AvgIpc) is 3.66. The van der Waals surface area contributed by atoms with Crippen molar-refractivity contribution in [3.8, 4) is 11.5 Å². The predicted octanol–water partition coefficient (Wildman–Crippen LogP) is 6.11. The molecule has 1 saturated carbocycles. The fourth-order valence-corrected chi connectivity index (χ4v) is 5.53. The summed E-state index contributed by atoms with van der Waals surface area (Å²) < 4.78 is 16.9. The van der Waals surface area contributed by atoms with E-state index in [-0.39, 0.29) is 28.3 Å². The summed E-state index contributed by atoms with van der Waals surface area (Å²) in [7, 11) is 1.64. The normalized spacial score (nSPS) is 17.8. The summed E-state index contributed by atoms with van der Waals surface area (Å²) >= 11 is 1.29. The molecule has 10 heteroatoms. The van der Waals surface area contributed by atoms with Crippen LogP contribution in [0.4, 0.5) is 10.5 Å². The highest BCUT2D eigenvalue weighted by Crippen LogP contribution is 2.36. The topological polar surface area (TPSA) is 106 Å². The Morgan fingerprint density at radius 3 is 2.63 bits per heavy atom. The number of carbonyl (C=O) groups excluding carboxylic acids is 2. The van der Waals surface area contributed by atoms with Crippen LogP contribution in [0.3, 0.4) is 0 Å². The summed E-state index contributed by atoms with van der Waals surface area (Å²) in [6.07, 6.45) is 7.99. The van der Waals surface area contributed by atoms with Crippen molar-refractivity contribution in [2.75, 3.05) is 12.4 Å². The minimum absolute atomic E-state index is 0.0554. The molecule has 0 bridgehead atoms. The summed E-state index contributed by atoms with van der Waals surface area (Å²) in [6, 6.07) is 13.1. The summed E-state index contributed by atoms with van der Waals surface area (Å²) in [4.78, 5) is 28.9. The van der Waals surface area contributed by atoms with Crippen LogP contribution in [0, 0.1) is 0 Å². The van der Waals surface area contributed by atoms with Crippen LogP contribution in [0.5, 0.6) is 11.5 Å². The first-order valence-electron chi connectivity index (χ1n) is 12.7. The molecule has 0 radical (unpaired) electrons. The highest BCUT2D eigenvalue weighted by molar-refractivity contribution is 8.14. The highest BCUT2D eigenvalue weighted by Gasteiger charge is 2.31. The van der Waals surface area contributed by atoms with Crippen molar-refractivity contribution in [1.82, 2.24) is 9.99 Å². The average molecular weight is 535 g/mol. The van der Waals surface area contributed by atoms with E-state index in [9.17, 15) is 9.59 Å². The van der Waals surface area contributed by atoms with Crippen LogP contribution >= 0.6 is 11.8 Å². The van der Waals surface area contributed by atoms with E-state index in [1.54, 1.807) is 19.2 Å². The van der Waals surface area contributed by atoms with Crippen molar-refractivity contribution in [3.05, 3.63) is 71.9 Å². The molecule has 0 spiro atoms. The number of amides is 2. The Balaban J connectivity index is 1.34. The molecular formula is C28H30N4O5S. The number of anilines is 1. The van der Waals surface area contributed by atoms with E-state index in [1.165, 1.54) is 42.2 Å². The maximum atomic E-state index is 12.9. The first-order chi connectivity index (χ1) is 18.5. The van der Waals surface area contributed by atoms with Crippen LogP contribution in [-0.4, -0.2) is 45.3 Å². The Morgan fingerprint density at radius 2 is 1.95 bits per heavy atom. The van der Waals surface area contributed by atoms with Crippen molar-refractivity contribution < 1.29 is 23.5 Å². The predicted molar refractivity (Wildman–Crippen MR) is 146 cm³/mol. The molecule has 2 aliphatic rings. The van der Waals surface area contributed by atoms with E-state index in [1.807, 2.05) is 30.3 Å². The summed E-state index contributed by atoms with van der Waals surface area (Å²) in [5.74, 6) is 1.16. The molecule has 2 amide bonds. The Hall–Kier alpha value is -3.79. The van der Waals surface area contributed by atoms with Crippen LogP contribution in [0.2, 0.25) is 0 Å². The van der Waals surface area contributed by atoms with Crippen LogP contribution in [-0.2, 0) is 6.54 Å². The van der Waals surface area contributed by atoms with Gasteiger partial charge in [-0.3, -0.25) is 9.59 Å². The molecule has 9 nitrogen and oxygen atoms in total. The molecule has 38 heavy (non-hydrogen) atoms. The number of hydrogen-bond donors (Lipinski definition) is 1. The SMILES string of the molecule is CCC1SC(=O)N(Cc2ccc(NC(=O)c3cnco3)cc2)N=C1c1ccc(OC)c(OC2CCCC2)c1. The molecule has 5 rings (SSSR count). The third kappa shape index (κ3) is 5.85. The number of carbonyl (C=O) groups is 2. The van der Waals surface area contributed by atoms with Crippen LogP contribution in [0.15, 0.2) is 64.6 Å². The van der Waals surface area contributed by atoms with Gasteiger partial charge in [0.25, 0.3) is 5.91 Å². The van der Waals surface area contributed by atoms with E-state index in [2.05, 4.69) is 17.2 Å². The van der Waals surface area contributed by atoms with Gasteiger partial charge >= 0.3 is 5.24 Å². The summed E-state index contributed by atoms with van der Waals surface area (Å²) in [6.45, 7) is 2.37. The minimum atomic E-state index is -0.381. The zero-order valence-electron chi connectivity index (χ0n) is 21.4. The highest BCUT2D eigenvalue weighted by atomic mass is 32.2. The van der Waals surface area contributed by atoms with Crippen molar-refractivity contribution in [2.24, 2.45) is 5.10 Å². The lowest BCUT2D eigenvalue weighted by Gasteiger charge is -2.29. The fraction of sp³-hybridized carbons (Fsp3) is 0.357. The first kappa shape index (κ1) is 25.8. The zero-order valence-corrected chi connectivity index (χ0v) is 22.2.